The van der Waals surface area contributed by atoms with Gasteiger partial charge in [-0.3, -0.25) is 0 Å². The first kappa shape index (κ1) is 13.9. The topological polar surface area (TPSA) is 37.8 Å². The van der Waals surface area contributed by atoms with Gasteiger partial charge in [0.15, 0.2) is 0 Å². The van der Waals surface area contributed by atoms with Crippen LogP contribution in [0.15, 0.2) is 28.7 Å². The molecule has 5 heteroatoms. The first-order chi connectivity index (χ1) is 9.10. The number of hydrogen-bond donors (Lipinski definition) is 1. The first-order valence-electron chi connectivity index (χ1n) is 6.15. The van der Waals surface area contributed by atoms with E-state index in [0.29, 0.717) is 17.2 Å². The Morgan fingerprint density at radius 1 is 1.26 bits per heavy atom. The average Bonchev–Trinajstić information content (AvgIpc) is 2.38. The minimum Gasteiger partial charge on any atom is -0.354 e. The molecule has 0 amide bonds. The number of anilines is 1. The summed E-state index contributed by atoms with van der Waals surface area (Å²) in [6, 6.07) is 6.60. The molecule has 0 aliphatic heterocycles. The van der Waals surface area contributed by atoms with Gasteiger partial charge in [0.2, 0.25) is 5.95 Å². The van der Waals surface area contributed by atoms with Crippen LogP contribution in [0.4, 0.5) is 10.3 Å². The van der Waals surface area contributed by atoms with E-state index in [9.17, 15) is 4.39 Å². The zero-order chi connectivity index (χ0) is 13.8. The van der Waals surface area contributed by atoms with Gasteiger partial charge in [-0.2, -0.15) is 0 Å². The highest BCUT2D eigenvalue weighted by atomic mass is 79.9. The van der Waals surface area contributed by atoms with E-state index in [1.165, 1.54) is 6.07 Å². The molecule has 19 heavy (non-hydrogen) atoms. The molecule has 0 spiro atoms. The third-order valence-electron chi connectivity index (χ3n) is 2.59. The molecular formula is C14H15BrFN3. The van der Waals surface area contributed by atoms with Gasteiger partial charge in [-0.15, -0.1) is 0 Å². The van der Waals surface area contributed by atoms with Crippen LogP contribution in [0.1, 0.15) is 19.0 Å². The van der Waals surface area contributed by atoms with Crippen molar-refractivity contribution in [2.45, 2.75) is 20.3 Å². The Hall–Kier alpha value is -1.49. The van der Waals surface area contributed by atoms with Gasteiger partial charge in [0, 0.05) is 22.3 Å². The van der Waals surface area contributed by atoms with Crippen LogP contribution in [0, 0.1) is 12.7 Å². The van der Waals surface area contributed by atoms with E-state index in [0.717, 1.165) is 23.1 Å². The monoisotopic (exact) mass is 323 g/mol. The number of nitrogens with zero attached hydrogens (tertiary/aromatic N) is 2. The zero-order valence-corrected chi connectivity index (χ0v) is 12.5. The lowest BCUT2D eigenvalue weighted by Gasteiger charge is -2.08. The lowest BCUT2D eigenvalue weighted by Crippen LogP contribution is -2.06. The van der Waals surface area contributed by atoms with Gasteiger partial charge >= 0.3 is 0 Å². The first-order valence-corrected chi connectivity index (χ1v) is 6.94. The second-order valence-electron chi connectivity index (χ2n) is 4.27. The van der Waals surface area contributed by atoms with Crippen molar-refractivity contribution < 1.29 is 4.39 Å². The maximum Gasteiger partial charge on any atom is 0.223 e. The van der Waals surface area contributed by atoms with Crippen LogP contribution in [0.2, 0.25) is 0 Å². The molecule has 0 aliphatic carbocycles. The van der Waals surface area contributed by atoms with Crippen molar-refractivity contribution in [3.63, 3.8) is 0 Å². The predicted molar refractivity (Wildman–Crippen MR) is 78.6 cm³/mol. The quantitative estimate of drug-likeness (QED) is 0.917. The fourth-order valence-electron chi connectivity index (χ4n) is 1.72. The van der Waals surface area contributed by atoms with Crippen molar-refractivity contribution in [3.8, 4) is 11.3 Å². The molecular weight excluding hydrogens is 309 g/mol. The second-order valence-corrected chi connectivity index (χ2v) is 5.18. The smallest absolute Gasteiger partial charge is 0.223 e. The number of halogens is 2. The van der Waals surface area contributed by atoms with Crippen LogP contribution in [-0.2, 0) is 0 Å². The Morgan fingerprint density at radius 2 is 2.05 bits per heavy atom. The van der Waals surface area contributed by atoms with Crippen molar-refractivity contribution in [3.05, 3.63) is 40.2 Å². The third kappa shape index (κ3) is 3.50. The van der Waals surface area contributed by atoms with Gasteiger partial charge in [-0.05, 0) is 37.6 Å². The summed E-state index contributed by atoms with van der Waals surface area (Å²) >= 11 is 3.35. The molecule has 0 atom stereocenters. The Balaban J connectivity index is 2.43. The Bertz CT molecular complexity index is 587. The summed E-state index contributed by atoms with van der Waals surface area (Å²) in [5, 5.41) is 3.12. The van der Waals surface area contributed by atoms with Crippen molar-refractivity contribution in [2.75, 3.05) is 11.9 Å². The number of nitrogens with one attached hydrogen (secondary N) is 1. The highest BCUT2D eigenvalue weighted by molar-refractivity contribution is 9.10. The number of hydrogen-bond acceptors (Lipinski definition) is 3. The molecule has 0 bridgehead atoms. The summed E-state index contributed by atoms with van der Waals surface area (Å²) in [6.07, 6.45) is 0.984. The molecule has 1 N–H and O–H groups in total. The number of benzene rings is 1. The lowest BCUT2D eigenvalue weighted by atomic mass is 10.1. The summed E-state index contributed by atoms with van der Waals surface area (Å²) < 4.78 is 14.7. The maximum atomic E-state index is 13.9. The largest absolute Gasteiger partial charge is 0.354 e. The Labute approximate surface area is 120 Å². The molecule has 3 nitrogen and oxygen atoms in total. The van der Waals surface area contributed by atoms with Crippen molar-refractivity contribution in [1.29, 1.82) is 0 Å². The summed E-state index contributed by atoms with van der Waals surface area (Å²) in [6.45, 7) is 4.74. The molecule has 100 valence electrons. The van der Waals surface area contributed by atoms with Gasteiger partial charge in [0.25, 0.3) is 0 Å². The molecule has 0 fully saturated rings. The fourth-order valence-corrected chi connectivity index (χ4v) is 2.08. The molecule has 1 heterocycles. The lowest BCUT2D eigenvalue weighted by molar-refractivity contribution is 0.630. The second kappa shape index (κ2) is 6.10. The number of rotatable bonds is 4. The van der Waals surface area contributed by atoms with Gasteiger partial charge in [-0.1, -0.05) is 22.9 Å². The molecule has 1 aromatic heterocycles. The van der Waals surface area contributed by atoms with E-state index in [1.54, 1.807) is 18.2 Å². The van der Waals surface area contributed by atoms with E-state index in [4.69, 9.17) is 0 Å². The van der Waals surface area contributed by atoms with Crippen LogP contribution >= 0.6 is 15.9 Å². The Morgan fingerprint density at radius 3 is 2.79 bits per heavy atom. The van der Waals surface area contributed by atoms with Crippen LogP contribution < -0.4 is 5.32 Å². The predicted octanol–water partition coefficient (Wildman–Crippen LogP) is 4.18. The highest BCUT2D eigenvalue weighted by Crippen LogP contribution is 2.25. The maximum absolute atomic E-state index is 13.9. The SMILES string of the molecule is CCCNc1nc(C)cc(-c2cc(Br)ccc2F)n1. The van der Waals surface area contributed by atoms with Gasteiger partial charge in [0.1, 0.15) is 5.82 Å². The molecule has 0 aliphatic rings. The molecule has 0 unspecified atom stereocenters. The van der Waals surface area contributed by atoms with Gasteiger partial charge in [0.05, 0.1) is 5.69 Å². The van der Waals surface area contributed by atoms with Crippen molar-refractivity contribution in [2.24, 2.45) is 0 Å². The molecule has 0 radical (unpaired) electrons. The van der Waals surface area contributed by atoms with Crippen LogP contribution in [-0.4, -0.2) is 16.5 Å². The minimum atomic E-state index is -0.289. The summed E-state index contributed by atoms with van der Waals surface area (Å²) in [5.41, 5.74) is 1.87. The van der Waals surface area contributed by atoms with Crippen molar-refractivity contribution in [1.82, 2.24) is 9.97 Å². The van der Waals surface area contributed by atoms with E-state index in [2.05, 4.69) is 38.1 Å². The average molecular weight is 324 g/mol. The molecule has 1 aromatic carbocycles. The van der Waals surface area contributed by atoms with Crippen molar-refractivity contribution >= 4 is 21.9 Å². The van der Waals surface area contributed by atoms with Crippen LogP contribution in [0.3, 0.4) is 0 Å². The molecule has 0 saturated carbocycles. The highest BCUT2D eigenvalue weighted by Gasteiger charge is 2.09. The minimum absolute atomic E-state index is 0.289. The number of aryl methyl sites for hydroxylation is 1. The van der Waals surface area contributed by atoms with E-state index < -0.39 is 0 Å². The number of aromatic nitrogens is 2. The standard InChI is InChI=1S/C14H15BrFN3/c1-3-6-17-14-18-9(2)7-13(19-14)11-8-10(15)4-5-12(11)16/h4-5,7-8H,3,6H2,1-2H3,(H,17,18,19). The van der Waals surface area contributed by atoms with E-state index in [1.807, 2.05) is 6.92 Å². The zero-order valence-electron chi connectivity index (χ0n) is 10.9. The van der Waals surface area contributed by atoms with Gasteiger partial charge < -0.3 is 5.32 Å². The van der Waals surface area contributed by atoms with Crippen LogP contribution in [0.25, 0.3) is 11.3 Å². The summed E-state index contributed by atoms with van der Waals surface area (Å²) in [7, 11) is 0. The normalized spacial score (nSPS) is 10.5. The molecule has 2 aromatic rings. The van der Waals surface area contributed by atoms with E-state index >= 15 is 0 Å². The summed E-state index contributed by atoms with van der Waals surface area (Å²) in [4.78, 5) is 8.65. The third-order valence-corrected chi connectivity index (χ3v) is 3.08. The Kier molecular flexibility index (Phi) is 4.47. The van der Waals surface area contributed by atoms with Gasteiger partial charge in [-0.25, -0.2) is 14.4 Å². The van der Waals surface area contributed by atoms with Crippen LogP contribution in [0.5, 0.6) is 0 Å². The fraction of sp³-hybridized carbons (Fsp3) is 0.286. The molecule has 0 saturated heterocycles. The molecule has 2 rings (SSSR count). The van der Waals surface area contributed by atoms with E-state index in [-0.39, 0.29) is 5.82 Å². The summed E-state index contributed by atoms with van der Waals surface area (Å²) in [5.74, 6) is 0.249.